The van der Waals surface area contributed by atoms with E-state index in [-0.39, 0.29) is 11.7 Å². The van der Waals surface area contributed by atoms with Gasteiger partial charge in [0.25, 0.3) is 5.91 Å². The molecule has 0 aromatic carbocycles. The van der Waals surface area contributed by atoms with Gasteiger partial charge in [-0.05, 0) is 19.1 Å². The molecule has 0 bridgehead atoms. The zero-order valence-corrected chi connectivity index (χ0v) is 10.00. The van der Waals surface area contributed by atoms with Gasteiger partial charge in [-0.1, -0.05) is 0 Å². The van der Waals surface area contributed by atoms with Gasteiger partial charge in [0, 0.05) is 12.7 Å². The van der Waals surface area contributed by atoms with Crippen molar-refractivity contribution in [3.63, 3.8) is 0 Å². The number of pyridine rings is 1. The SMILES string of the molecule is CCn1cnnc1CNC(=O)c1cccnc1N. The van der Waals surface area contributed by atoms with Gasteiger partial charge >= 0.3 is 0 Å². The summed E-state index contributed by atoms with van der Waals surface area (Å²) in [6, 6.07) is 3.29. The van der Waals surface area contributed by atoms with Crippen LogP contribution >= 0.6 is 0 Å². The number of carbonyl (C=O) groups excluding carboxylic acids is 1. The first-order valence-corrected chi connectivity index (χ1v) is 5.57. The predicted octanol–water partition coefficient (Wildman–Crippen LogP) is 0.205. The number of aromatic nitrogens is 4. The highest BCUT2D eigenvalue weighted by Crippen LogP contribution is 2.06. The summed E-state index contributed by atoms with van der Waals surface area (Å²) in [5.74, 6) is 0.645. The molecule has 0 fully saturated rings. The van der Waals surface area contributed by atoms with Crippen molar-refractivity contribution in [3.05, 3.63) is 36.0 Å². The monoisotopic (exact) mass is 246 g/mol. The first-order chi connectivity index (χ1) is 8.72. The third-order valence-electron chi connectivity index (χ3n) is 2.53. The second-order valence-corrected chi connectivity index (χ2v) is 3.65. The van der Waals surface area contributed by atoms with Crippen LogP contribution in [0, 0.1) is 0 Å². The number of nitrogens with two attached hydrogens (primary N) is 1. The lowest BCUT2D eigenvalue weighted by molar-refractivity contribution is 0.0950. The zero-order chi connectivity index (χ0) is 13.0. The van der Waals surface area contributed by atoms with E-state index in [1.165, 1.54) is 0 Å². The van der Waals surface area contributed by atoms with Crippen LogP contribution in [-0.4, -0.2) is 25.7 Å². The smallest absolute Gasteiger partial charge is 0.255 e. The molecule has 0 atom stereocenters. The van der Waals surface area contributed by atoms with Gasteiger partial charge in [-0.15, -0.1) is 10.2 Å². The van der Waals surface area contributed by atoms with Crippen molar-refractivity contribution in [2.75, 3.05) is 5.73 Å². The van der Waals surface area contributed by atoms with E-state index in [0.29, 0.717) is 17.9 Å². The number of nitrogen functional groups attached to an aromatic ring is 1. The van der Waals surface area contributed by atoms with Crippen molar-refractivity contribution in [2.24, 2.45) is 0 Å². The minimum atomic E-state index is -0.272. The second kappa shape index (κ2) is 5.26. The average Bonchev–Trinajstić information content (AvgIpc) is 2.84. The van der Waals surface area contributed by atoms with E-state index in [2.05, 4.69) is 20.5 Å². The molecule has 0 saturated carbocycles. The average molecular weight is 246 g/mol. The Morgan fingerprint density at radius 1 is 1.56 bits per heavy atom. The molecule has 2 heterocycles. The van der Waals surface area contributed by atoms with Crippen LogP contribution in [0.5, 0.6) is 0 Å². The van der Waals surface area contributed by atoms with Crippen LogP contribution in [0.15, 0.2) is 24.7 Å². The van der Waals surface area contributed by atoms with Crippen molar-refractivity contribution in [2.45, 2.75) is 20.0 Å². The minimum Gasteiger partial charge on any atom is -0.383 e. The normalized spacial score (nSPS) is 10.3. The van der Waals surface area contributed by atoms with Crippen molar-refractivity contribution in [1.29, 1.82) is 0 Å². The number of hydrogen-bond donors (Lipinski definition) is 2. The van der Waals surface area contributed by atoms with E-state index in [4.69, 9.17) is 5.73 Å². The standard InChI is InChI=1S/C11H14N6O/c1-2-17-7-15-16-9(17)6-14-11(18)8-4-3-5-13-10(8)12/h3-5,7H,2,6H2,1H3,(H2,12,13)(H,14,18). The highest BCUT2D eigenvalue weighted by atomic mass is 16.1. The molecule has 0 unspecified atom stereocenters. The molecule has 0 aliphatic carbocycles. The molecule has 18 heavy (non-hydrogen) atoms. The number of nitrogens with one attached hydrogen (secondary N) is 1. The maximum atomic E-state index is 11.9. The van der Waals surface area contributed by atoms with Crippen molar-refractivity contribution in [3.8, 4) is 0 Å². The number of hydrogen-bond acceptors (Lipinski definition) is 5. The van der Waals surface area contributed by atoms with E-state index >= 15 is 0 Å². The number of aryl methyl sites for hydroxylation is 1. The fourth-order valence-corrected chi connectivity index (χ4v) is 1.54. The summed E-state index contributed by atoms with van der Waals surface area (Å²) in [5, 5.41) is 10.4. The van der Waals surface area contributed by atoms with Crippen LogP contribution in [0.25, 0.3) is 0 Å². The van der Waals surface area contributed by atoms with Gasteiger partial charge in [0.05, 0.1) is 12.1 Å². The molecule has 2 rings (SSSR count). The molecular weight excluding hydrogens is 232 g/mol. The fraction of sp³-hybridized carbons (Fsp3) is 0.273. The van der Waals surface area contributed by atoms with Gasteiger partial charge in [-0.2, -0.15) is 0 Å². The maximum absolute atomic E-state index is 11.9. The molecule has 0 aliphatic heterocycles. The molecule has 2 aromatic rings. The highest BCUT2D eigenvalue weighted by Gasteiger charge is 2.11. The second-order valence-electron chi connectivity index (χ2n) is 3.65. The summed E-state index contributed by atoms with van der Waals surface area (Å²) in [5.41, 5.74) is 5.98. The zero-order valence-electron chi connectivity index (χ0n) is 10.00. The van der Waals surface area contributed by atoms with E-state index in [9.17, 15) is 4.79 Å². The summed E-state index contributed by atoms with van der Waals surface area (Å²) in [6.45, 7) is 3.04. The van der Waals surface area contributed by atoms with E-state index in [1.54, 1.807) is 24.7 Å². The molecule has 94 valence electrons. The third-order valence-corrected chi connectivity index (χ3v) is 2.53. The molecule has 1 amide bonds. The summed E-state index contributed by atoms with van der Waals surface area (Å²) in [7, 11) is 0. The number of nitrogens with zero attached hydrogens (tertiary/aromatic N) is 4. The van der Waals surface area contributed by atoms with Gasteiger partial charge in [0.2, 0.25) is 0 Å². The van der Waals surface area contributed by atoms with Crippen LogP contribution in [0.4, 0.5) is 5.82 Å². The molecule has 0 spiro atoms. The molecule has 2 aromatic heterocycles. The van der Waals surface area contributed by atoms with Crippen molar-refractivity contribution < 1.29 is 4.79 Å². The number of rotatable bonds is 4. The molecule has 7 nitrogen and oxygen atoms in total. The number of amides is 1. The Kier molecular flexibility index (Phi) is 3.52. The Balaban J connectivity index is 2.03. The Labute approximate surface area is 104 Å². The molecule has 0 radical (unpaired) electrons. The van der Waals surface area contributed by atoms with Crippen LogP contribution in [0.1, 0.15) is 23.1 Å². The lowest BCUT2D eigenvalue weighted by Gasteiger charge is -2.07. The molecule has 3 N–H and O–H groups in total. The quantitative estimate of drug-likeness (QED) is 0.803. The Bertz CT molecular complexity index is 550. The number of carbonyl (C=O) groups is 1. The van der Waals surface area contributed by atoms with Gasteiger partial charge in [0.15, 0.2) is 5.82 Å². The van der Waals surface area contributed by atoms with E-state index in [0.717, 1.165) is 6.54 Å². The fourth-order valence-electron chi connectivity index (χ4n) is 1.54. The topological polar surface area (TPSA) is 98.7 Å². The first kappa shape index (κ1) is 12.0. The first-order valence-electron chi connectivity index (χ1n) is 5.57. The lowest BCUT2D eigenvalue weighted by atomic mass is 10.2. The maximum Gasteiger partial charge on any atom is 0.255 e. The largest absolute Gasteiger partial charge is 0.383 e. The molecular formula is C11H14N6O. The van der Waals surface area contributed by atoms with Crippen molar-refractivity contribution in [1.82, 2.24) is 25.1 Å². The third kappa shape index (κ3) is 2.45. The summed E-state index contributed by atoms with van der Waals surface area (Å²) in [6.07, 6.45) is 3.17. The predicted molar refractivity (Wildman–Crippen MR) is 65.5 cm³/mol. The van der Waals surface area contributed by atoms with Crippen LogP contribution in [-0.2, 0) is 13.1 Å². The summed E-state index contributed by atoms with van der Waals surface area (Å²) >= 11 is 0. The Morgan fingerprint density at radius 3 is 3.11 bits per heavy atom. The summed E-state index contributed by atoms with van der Waals surface area (Å²) < 4.78 is 1.85. The van der Waals surface area contributed by atoms with Gasteiger partial charge in [-0.25, -0.2) is 4.98 Å². The minimum absolute atomic E-state index is 0.215. The lowest BCUT2D eigenvalue weighted by Crippen LogP contribution is -2.25. The molecule has 0 saturated heterocycles. The molecule has 7 heteroatoms. The summed E-state index contributed by atoms with van der Waals surface area (Å²) in [4.78, 5) is 15.7. The van der Waals surface area contributed by atoms with Gasteiger partial charge in [-0.3, -0.25) is 4.79 Å². The van der Waals surface area contributed by atoms with Crippen LogP contribution in [0.2, 0.25) is 0 Å². The van der Waals surface area contributed by atoms with Crippen LogP contribution < -0.4 is 11.1 Å². The van der Waals surface area contributed by atoms with Gasteiger partial charge < -0.3 is 15.6 Å². The van der Waals surface area contributed by atoms with Crippen LogP contribution in [0.3, 0.4) is 0 Å². The van der Waals surface area contributed by atoms with E-state index < -0.39 is 0 Å². The van der Waals surface area contributed by atoms with Crippen molar-refractivity contribution >= 4 is 11.7 Å². The Hall–Kier alpha value is -2.44. The van der Waals surface area contributed by atoms with E-state index in [1.807, 2.05) is 11.5 Å². The van der Waals surface area contributed by atoms with Gasteiger partial charge in [0.1, 0.15) is 12.1 Å². The molecule has 0 aliphatic rings. The Morgan fingerprint density at radius 2 is 2.39 bits per heavy atom. The number of anilines is 1. The highest BCUT2D eigenvalue weighted by molar-refractivity contribution is 5.98.